The molecule has 0 aromatic heterocycles. The highest BCUT2D eigenvalue weighted by atomic mass is 16.5. The largest absolute Gasteiger partial charge is 0.495 e. The lowest BCUT2D eigenvalue weighted by molar-refractivity contribution is -0.146. The first kappa shape index (κ1) is 18.7. The van der Waals surface area contributed by atoms with Crippen LogP contribution in [0.2, 0.25) is 0 Å². The minimum atomic E-state index is -0.321. The molecule has 2 aliphatic rings. The Morgan fingerprint density at radius 1 is 1.23 bits per heavy atom. The number of carbonyl (C=O) groups is 2. The predicted molar refractivity (Wildman–Crippen MR) is 99.2 cm³/mol. The summed E-state index contributed by atoms with van der Waals surface area (Å²) in [4.78, 5) is 27.0. The van der Waals surface area contributed by atoms with Gasteiger partial charge in [-0.3, -0.25) is 14.5 Å². The molecule has 1 aromatic carbocycles. The molecule has 1 aromatic rings. The van der Waals surface area contributed by atoms with Gasteiger partial charge in [-0.1, -0.05) is 18.9 Å². The molecule has 1 heterocycles. The van der Waals surface area contributed by atoms with Crippen LogP contribution in [-0.4, -0.2) is 49.6 Å². The number of likely N-dealkylation sites (tertiary alicyclic amines) is 1. The van der Waals surface area contributed by atoms with Crippen LogP contribution >= 0.6 is 0 Å². The molecule has 6 nitrogen and oxygen atoms in total. The number of nitrogens with zero attached hydrogens (tertiary/aromatic N) is 1. The van der Waals surface area contributed by atoms with Crippen molar-refractivity contribution in [3.8, 4) is 5.75 Å². The van der Waals surface area contributed by atoms with Crippen LogP contribution in [0.4, 0.5) is 5.69 Å². The number of ether oxygens (including phenoxy) is 2. The van der Waals surface area contributed by atoms with Crippen LogP contribution in [0.5, 0.6) is 5.75 Å². The Morgan fingerprint density at radius 2 is 2.00 bits per heavy atom. The maximum atomic E-state index is 12.7. The van der Waals surface area contributed by atoms with Crippen LogP contribution in [-0.2, 0) is 14.3 Å². The molecule has 26 heavy (non-hydrogen) atoms. The lowest BCUT2D eigenvalue weighted by atomic mass is 9.85. The molecule has 1 saturated carbocycles. The van der Waals surface area contributed by atoms with Gasteiger partial charge >= 0.3 is 5.97 Å². The van der Waals surface area contributed by atoms with E-state index in [1.807, 2.05) is 30.0 Å². The number of anilines is 1. The van der Waals surface area contributed by atoms with Crippen molar-refractivity contribution >= 4 is 17.6 Å². The van der Waals surface area contributed by atoms with Gasteiger partial charge in [0.15, 0.2) is 0 Å². The molecular formula is C20H28N2O4. The van der Waals surface area contributed by atoms with E-state index in [9.17, 15) is 9.59 Å². The van der Waals surface area contributed by atoms with Gasteiger partial charge in [0, 0.05) is 6.04 Å². The van der Waals surface area contributed by atoms with Crippen LogP contribution in [0.1, 0.15) is 37.7 Å². The van der Waals surface area contributed by atoms with Crippen molar-refractivity contribution in [3.05, 3.63) is 23.8 Å². The molecule has 0 radical (unpaired) electrons. The first-order chi connectivity index (χ1) is 12.5. The van der Waals surface area contributed by atoms with E-state index in [-0.39, 0.29) is 30.5 Å². The number of carbonyl (C=O) groups excluding carboxylic acids is 2. The van der Waals surface area contributed by atoms with Crippen molar-refractivity contribution in [2.75, 3.05) is 26.1 Å². The van der Waals surface area contributed by atoms with Gasteiger partial charge in [-0.25, -0.2) is 0 Å². The molecule has 1 aliphatic heterocycles. The maximum Gasteiger partial charge on any atom is 0.323 e. The lowest BCUT2D eigenvalue weighted by Gasteiger charge is -2.32. The summed E-state index contributed by atoms with van der Waals surface area (Å²) in [7, 11) is 3.00. The number of hydrogen-bond acceptors (Lipinski definition) is 5. The van der Waals surface area contributed by atoms with Gasteiger partial charge in [-0.05, 0) is 49.8 Å². The number of esters is 1. The number of amides is 1. The second-order valence-electron chi connectivity index (χ2n) is 7.31. The SMILES string of the molecule is COC(=O)[C@@H]1C[C@H]2CCCC[C@@H]2N1CC(=O)Nc1cc(C)ccc1OC. The topological polar surface area (TPSA) is 67.9 Å². The number of aryl methyl sites for hydroxylation is 1. The van der Waals surface area contributed by atoms with E-state index >= 15 is 0 Å². The van der Waals surface area contributed by atoms with Crippen LogP contribution in [0.25, 0.3) is 0 Å². The average Bonchev–Trinajstić information content (AvgIpc) is 3.00. The smallest absolute Gasteiger partial charge is 0.323 e. The molecule has 1 amide bonds. The number of fused-ring (bicyclic) bond motifs is 1. The third kappa shape index (κ3) is 3.85. The zero-order valence-corrected chi connectivity index (χ0v) is 15.8. The minimum absolute atomic E-state index is 0.131. The van der Waals surface area contributed by atoms with Crippen molar-refractivity contribution in [3.63, 3.8) is 0 Å². The number of hydrogen-bond donors (Lipinski definition) is 1. The van der Waals surface area contributed by atoms with Crippen LogP contribution < -0.4 is 10.1 Å². The Bertz CT molecular complexity index is 676. The zero-order valence-electron chi connectivity index (χ0n) is 15.8. The van der Waals surface area contributed by atoms with Crippen molar-refractivity contribution in [1.82, 2.24) is 4.90 Å². The summed E-state index contributed by atoms with van der Waals surface area (Å²) in [6, 6.07) is 5.64. The summed E-state index contributed by atoms with van der Waals surface area (Å²) in [6.45, 7) is 2.16. The average molecular weight is 360 g/mol. The van der Waals surface area contributed by atoms with Crippen LogP contribution in [0, 0.1) is 12.8 Å². The molecule has 1 saturated heterocycles. The van der Waals surface area contributed by atoms with E-state index in [0.29, 0.717) is 17.4 Å². The summed E-state index contributed by atoms with van der Waals surface area (Å²) >= 11 is 0. The number of nitrogens with one attached hydrogen (secondary N) is 1. The quantitative estimate of drug-likeness (QED) is 0.818. The molecular weight excluding hydrogens is 332 g/mol. The first-order valence-corrected chi connectivity index (χ1v) is 9.31. The Kier molecular flexibility index (Phi) is 5.81. The van der Waals surface area contributed by atoms with Crippen molar-refractivity contribution in [2.45, 2.75) is 51.1 Å². The molecule has 0 spiro atoms. The van der Waals surface area contributed by atoms with Gasteiger partial charge in [0.1, 0.15) is 11.8 Å². The zero-order chi connectivity index (χ0) is 18.7. The van der Waals surface area contributed by atoms with Crippen LogP contribution in [0.3, 0.4) is 0 Å². The second-order valence-corrected chi connectivity index (χ2v) is 7.31. The van der Waals surface area contributed by atoms with E-state index in [1.54, 1.807) is 7.11 Å². The number of methoxy groups -OCH3 is 2. The summed E-state index contributed by atoms with van der Waals surface area (Å²) in [6.07, 6.45) is 5.31. The minimum Gasteiger partial charge on any atom is -0.495 e. The van der Waals surface area contributed by atoms with E-state index in [1.165, 1.54) is 13.5 Å². The van der Waals surface area contributed by atoms with Gasteiger partial charge < -0.3 is 14.8 Å². The number of benzene rings is 1. The Hall–Kier alpha value is -2.08. The molecule has 2 fully saturated rings. The number of rotatable bonds is 5. The molecule has 3 rings (SSSR count). The lowest BCUT2D eigenvalue weighted by Crippen LogP contribution is -2.46. The Morgan fingerprint density at radius 3 is 2.73 bits per heavy atom. The van der Waals surface area contributed by atoms with E-state index < -0.39 is 0 Å². The van der Waals surface area contributed by atoms with Gasteiger partial charge in [-0.2, -0.15) is 0 Å². The van der Waals surface area contributed by atoms with Gasteiger partial charge in [0.05, 0.1) is 26.5 Å². The molecule has 142 valence electrons. The molecule has 3 atom stereocenters. The van der Waals surface area contributed by atoms with Gasteiger partial charge in [0.2, 0.25) is 5.91 Å². The molecule has 1 N–H and O–H groups in total. The van der Waals surface area contributed by atoms with Crippen molar-refractivity contribution in [2.24, 2.45) is 5.92 Å². The highest BCUT2D eigenvalue weighted by Crippen LogP contribution is 2.40. The Balaban J connectivity index is 1.73. The van der Waals surface area contributed by atoms with Crippen molar-refractivity contribution < 1.29 is 19.1 Å². The van der Waals surface area contributed by atoms with Crippen LogP contribution in [0.15, 0.2) is 18.2 Å². The highest BCUT2D eigenvalue weighted by Gasteiger charge is 2.46. The molecule has 0 unspecified atom stereocenters. The first-order valence-electron chi connectivity index (χ1n) is 9.31. The van der Waals surface area contributed by atoms with E-state index in [4.69, 9.17) is 9.47 Å². The predicted octanol–water partition coefficient (Wildman–Crippen LogP) is 2.75. The Labute approximate surface area is 154 Å². The fourth-order valence-corrected chi connectivity index (χ4v) is 4.42. The molecule has 6 heteroatoms. The maximum absolute atomic E-state index is 12.7. The monoisotopic (exact) mass is 360 g/mol. The van der Waals surface area contributed by atoms with E-state index in [0.717, 1.165) is 31.2 Å². The summed E-state index contributed by atoms with van der Waals surface area (Å²) < 4.78 is 10.3. The summed E-state index contributed by atoms with van der Waals surface area (Å²) in [5.74, 6) is 0.744. The van der Waals surface area contributed by atoms with E-state index in [2.05, 4.69) is 5.32 Å². The normalized spacial score (nSPS) is 25.4. The third-order valence-electron chi connectivity index (χ3n) is 5.65. The summed E-state index contributed by atoms with van der Waals surface area (Å²) in [5, 5.41) is 2.94. The van der Waals surface area contributed by atoms with Gasteiger partial charge in [0.25, 0.3) is 0 Å². The highest BCUT2D eigenvalue weighted by molar-refractivity contribution is 5.94. The standard InChI is InChI=1S/C20H28N2O4/c1-13-8-9-18(25-2)15(10-13)21-19(23)12-22-16-7-5-4-6-14(16)11-17(22)20(24)26-3/h8-10,14,16-17H,4-7,11-12H2,1-3H3,(H,21,23)/t14-,16+,17+/m1/s1. The van der Waals surface area contributed by atoms with Crippen molar-refractivity contribution in [1.29, 1.82) is 0 Å². The molecule has 1 aliphatic carbocycles. The van der Waals surface area contributed by atoms with Gasteiger partial charge in [-0.15, -0.1) is 0 Å². The summed E-state index contributed by atoms with van der Waals surface area (Å²) in [5.41, 5.74) is 1.70. The third-order valence-corrected chi connectivity index (χ3v) is 5.65. The second kappa shape index (κ2) is 8.08. The molecule has 0 bridgehead atoms. The fourth-order valence-electron chi connectivity index (χ4n) is 4.42. The fraction of sp³-hybridized carbons (Fsp3) is 0.600.